The van der Waals surface area contributed by atoms with Gasteiger partial charge in [-0.05, 0) is 43.9 Å². The van der Waals surface area contributed by atoms with Gasteiger partial charge in [0.05, 0.1) is 18.8 Å². The second-order valence-corrected chi connectivity index (χ2v) is 5.92. The summed E-state index contributed by atoms with van der Waals surface area (Å²) in [6.45, 7) is 5.02. The Hall–Kier alpha value is -1.53. The van der Waals surface area contributed by atoms with E-state index in [4.69, 9.17) is 9.47 Å². The summed E-state index contributed by atoms with van der Waals surface area (Å²) in [6.07, 6.45) is 3.31. The fourth-order valence-electron chi connectivity index (χ4n) is 3.17. The molecular formula is C17H23NO2. The van der Waals surface area contributed by atoms with E-state index in [1.165, 1.54) is 5.56 Å². The zero-order valence-corrected chi connectivity index (χ0v) is 12.6. The molecule has 108 valence electrons. The van der Waals surface area contributed by atoms with Crippen LogP contribution >= 0.6 is 0 Å². The summed E-state index contributed by atoms with van der Waals surface area (Å²) in [5, 5.41) is 9.27. The molecule has 1 aromatic carbocycles. The van der Waals surface area contributed by atoms with Crippen molar-refractivity contribution in [1.29, 1.82) is 5.26 Å². The molecule has 1 heterocycles. The van der Waals surface area contributed by atoms with Crippen LogP contribution in [-0.2, 0) is 10.2 Å². The van der Waals surface area contributed by atoms with Crippen LogP contribution in [0.25, 0.3) is 0 Å². The van der Waals surface area contributed by atoms with Crippen molar-refractivity contribution in [1.82, 2.24) is 0 Å². The highest BCUT2D eigenvalue weighted by molar-refractivity contribution is 5.34. The third-order valence-electron chi connectivity index (χ3n) is 4.61. The minimum Gasteiger partial charge on any atom is -0.497 e. The first-order valence-electron chi connectivity index (χ1n) is 7.23. The number of hydrogen-bond acceptors (Lipinski definition) is 3. The van der Waals surface area contributed by atoms with Gasteiger partial charge in [0, 0.05) is 18.4 Å². The molecule has 1 fully saturated rings. The van der Waals surface area contributed by atoms with Crippen molar-refractivity contribution in [3.05, 3.63) is 29.8 Å². The highest BCUT2D eigenvalue weighted by Crippen LogP contribution is 2.45. The fraction of sp³-hybridized carbons (Fsp3) is 0.588. The molecule has 2 rings (SSSR count). The number of rotatable bonds is 4. The molecule has 3 heteroatoms. The topological polar surface area (TPSA) is 42.2 Å². The number of methoxy groups -OCH3 is 1. The van der Waals surface area contributed by atoms with Gasteiger partial charge in [0.25, 0.3) is 0 Å². The van der Waals surface area contributed by atoms with Crippen LogP contribution in [0.15, 0.2) is 24.3 Å². The third kappa shape index (κ3) is 2.81. The molecule has 1 saturated heterocycles. The smallest absolute Gasteiger partial charge is 0.118 e. The van der Waals surface area contributed by atoms with Crippen molar-refractivity contribution in [3.8, 4) is 11.8 Å². The zero-order valence-electron chi connectivity index (χ0n) is 12.6. The Morgan fingerprint density at radius 2 is 2.05 bits per heavy atom. The number of hydrogen-bond donors (Lipinski definition) is 0. The van der Waals surface area contributed by atoms with Gasteiger partial charge in [-0.2, -0.15) is 5.26 Å². The van der Waals surface area contributed by atoms with Crippen LogP contribution in [-0.4, -0.2) is 19.3 Å². The Labute approximate surface area is 121 Å². The molecule has 1 aliphatic rings. The van der Waals surface area contributed by atoms with Crippen molar-refractivity contribution in [2.45, 2.75) is 50.5 Å². The lowest BCUT2D eigenvalue weighted by atomic mass is 9.67. The highest BCUT2D eigenvalue weighted by atomic mass is 16.5. The van der Waals surface area contributed by atoms with Gasteiger partial charge in [0.15, 0.2) is 0 Å². The van der Waals surface area contributed by atoms with E-state index in [2.05, 4.69) is 32.0 Å². The predicted octanol–water partition coefficient (Wildman–Crippen LogP) is 3.83. The Bertz CT molecular complexity index is 491. The maximum absolute atomic E-state index is 9.27. The van der Waals surface area contributed by atoms with Crippen LogP contribution in [0.5, 0.6) is 5.75 Å². The van der Waals surface area contributed by atoms with Crippen LogP contribution in [0, 0.1) is 11.3 Å². The number of benzene rings is 1. The van der Waals surface area contributed by atoms with E-state index in [-0.39, 0.29) is 11.0 Å². The molecule has 1 aromatic rings. The lowest BCUT2D eigenvalue weighted by molar-refractivity contribution is -0.0957. The molecule has 0 amide bonds. The minimum absolute atomic E-state index is 0.0932. The SMILES string of the molecule is CCC1(C)CC(CC#N)(c2ccc(OC)cc2)CCO1. The van der Waals surface area contributed by atoms with E-state index in [0.29, 0.717) is 6.42 Å². The molecule has 0 aromatic heterocycles. The van der Waals surface area contributed by atoms with E-state index in [1.807, 2.05) is 12.1 Å². The first-order chi connectivity index (χ1) is 9.57. The lowest BCUT2D eigenvalue weighted by Crippen LogP contribution is -2.45. The minimum atomic E-state index is -0.130. The summed E-state index contributed by atoms with van der Waals surface area (Å²) in [5.74, 6) is 0.853. The molecule has 0 bridgehead atoms. The van der Waals surface area contributed by atoms with Crippen molar-refractivity contribution < 1.29 is 9.47 Å². The van der Waals surface area contributed by atoms with E-state index in [0.717, 1.165) is 31.6 Å². The molecule has 20 heavy (non-hydrogen) atoms. The van der Waals surface area contributed by atoms with E-state index in [1.54, 1.807) is 7.11 Å². The summed E-state index contributed by atoms with van der Waals surface area (Å²) in [5.41, 5.74) is 1.00. The molecule has 3 nitrogen and oxygen atoms in total. The van der Waals surface area contributed by atoms with Gasteiger partial charge in [-0.15, -0.1) is 0 Å². The van der Waals surface area contributed by atoms with Crippen molar-refractivity contribution >= 4 is 0 Å². The standard InChI is InChI=1S/C17H23NO2/c1-4-16(2)13-17(9-11-18,10-12-20-16)14-5-7-15(19-3)8-6-14/h5-8H,4,9-10,12-13H2,1-3H3. The molecule has 0 spiro atoms. The summed E-state index contributed by atoms with van der Waals surface area (Å²) >= 11 is 0. The molecule has 0 N–H and O–H groups in total. The highest BCUT2D eigenvalue weighted by Gasteiger charge is 2.43. The molecule has 0 saturated carbocycles. The van der Waals surface area contributed by atoms with Gasteiger partial charge < -0.3 is 9.47 Å². The van der Waals surface area contributed by atoms with Gasteiger partial charge >= 0.3 is 0 Å². The average Bonchev–Trinajstić information content (AvgIpc) is 2.48. The largest absolute Gasteiger partial charge is 0.497 e. The molecular weight excluding hydrogens is 250 g/mol. The van der Waals surface area contributed by atoms with Crippen LogP contribution < -0.4 is 4.74 Å². The number of nitriles is 1. The van der Waals surface area contributed by atoms with Crippen molar-refractivity contribution in [3.63, 3.8) is 0 Å². The summed E-state index contributed by atoms with van der Waals surface area (Å²) in [4.78, 5) is 0. The zero-order chi connectivity index (χ0) is 14.6. The van der Waals surface area contributed by atoms with Gasteiger partial charge in [-0.25, -0.2) is 0 Å². The van der Waals surface area contributed by atoms with Gasteiger partial charge in [0.1, 0.15) is 5.75 Å². The maximum atomic E-state index is 9.27. The number of ether oxygens (including phenoxy) is 2. The lowest BCUT2D eigenvalue weighted by Gasteiger charge is -2.45. The molecule has 0 aliphatic carbocycles. The predicted molar refractivity (Wildman–Crippen MR) is 78.8 cm³/mol. The third-order valence-corrected chi connectivity index (χ3v) is 4.61. The maximum Gasteiger partial charge on any atom is 0.118 e. The quantitative estimate of drug-likeness (QED) is 0.837. The normalized spacial score (nSPS) is 29.7. The first-order valence-corrected chi connectivity index (χ1v) is 7.23. The Balaban J connectivity index is 2.35. The average molecular weight is 273 g/mol. The number of nitrogens with zero attached hydrogens (tertiary/aromatic N) is 1. The monoisotopic (exact) mass is 273 g/mol. The fourth-order valence-corrected chi connectivity index (χ4v) is 3.17. The molecule has 2 atom stereocenters. The molecule has 2 unspecified atom stereocenters. The Morgan fingerprint density at radius 3 is 2.60 bits per heavy atom. The second kappa shape index (κ2) is 5.85. The molecule has 0 radical (unpaired) electrons. The van der Waals surface area contributed by atoms with Crippen LogP contribution in [0.2, 0.25) is 0 Å². The van der Waals surface area contributed by atoms with Gasteiger partial charge in [0.2, 0.25) is 0 Å². The van der Waals surface area contributed by atoms with E-state index >= 15 is 0 Å². The summed E-state index contributed by atoms with van der Waals surface area (Å²) in [7, 11) is 1.67. The van der Waals surface area contributed by atoms with Crippen molar-refractivity contribution in [2.75, 3.05) is 13.7 Å². The van der Waals surface area contributed by atoms with Crippen molar-refractivity contribution in [2.24, 2.45) is 0 Å². The summed E-state index contributed by atoms with van der Waals surface area (Å²) in [6, 6.07) is 10.5. The van der Waals surface area contributed by atoms with E-state index in [9.17, 15) is 5.26 Å². The van der Waals surface area contributed by atoms with Gasteiger partial charge in [-0.1, -0.05) is 19.1 Å². The summed E-state index contributed by atoms with van der Waals surface area (Å²) < 4.78 is 11.2. The Morgan fingerprint density at radius 1 is 1.35 bits per heavy atom. The molecule has 1 aliphatic heterocycles. The van der Waals surface area contributed by atoms with Gasteiger partial charge in [-0.3, -0.25) is 0 Å². The first kappa shape index (κ1) is 14.9. The van der Waals surface area contributed by atoms with E-state index < -0.39 is 0 Å². The van der Waals surface area contributed by atoms with Crippen LogP contribution in [0.3, 0.4) is 0 Å². The van der Waals surface area contributed by atoms with Crippen LogP contribution in [0.1, 0.15) is 45.1 Å². The van der Waals surface area contributed by atoms with Crippen LogP contribution in [0.4, 0.5) is 0 Å². The second-order valence-electron chi connectivity index (χ2n) is 5.92. The Kier molecular flexibility index (Phi) is 4.35.